The van der Waals surface area contributed by atoms with Gasteiger partial charge in [0.25, 0.3) is 0 Å². The molecular formula is C30H35F3N8O4. The van der Waals surface area contributed by atoms with Gasteiger partial charge in [0, 0.05) is 77.5 Å². The highest BCUT2D eigenvalue weighted by Crippen LogP contribution is 2.38. The Morgan fingerprint density at radius 1 is 1.07 bits per heavy atom. The number of morpholine rings is 1. The number of nitrogens with zero attached hydrogens (tertiary/aromatic N) is 7. The van der Waals surface area contributed by atoms with Crippen LogP contribution in [0.1, 0.15) is 37.3 Å². The number of hydrogen-bond acceptors (Lipinski definition) is 9. The molecule has 2 amide bonds. The number of amides is 2. The van der Waals surface area contributed by atoms with Crippen LogP contribution in [0, 0.1) is 0 Å². The summed E-state index contributed by atoms with van der Waals surface area (Å²) in [6.07, 6.45) is -0.321. The van der Waals surface area contributed by atoms with E-state index in [-0.39, 0.29) is 48.2 Å². The van der Waals surface area contributed by atoms with Crippen LogP contribution in [0.2, 0.25) is 0 Å². The van der Waals surface area contributed by atoms with E-state index in [4.69, 9.17) is 4.74 Å². The fraction of sp³-hybridized carbons (Fsp3) is 0.467. The summed E-state index contributed by atoms with van der Waals surface area (Å²) in [6.45, 7) is 9.79. The third-order valence-corrected chi connectivity index (χ3v) is 7.79. The number of pyridine rings is 1. The minimum absolute atomic E-state index is 0.0640. The minimum atomic E-state index is -4.76. The van der Waals surface area contributed by atoms with Crippen molar-refractivity contribution in [1.29, 1.82) is 0 Å². The molecule has 3 aromatic rings. The summed E-state index contributed by atoms with van der Waals surface area (Å²) in [5.41, 5.74) is 0.216. The Kier molecular flexibility index (Phi) is 9.77. The van der Waals surface area contributed by atoms with Crippen LogP contribution in [0.15, 0.2) is 37.2 Å². The van der Waals surface area contributed by atoms with Gasteiger partial charge in [-0.1, -0.05) is 13.5 Å². The average molecular weight is 629 g/mol. The first-order valence-corrected chi connectivity index (χ1v) is 14.8. The molecule has 0 radical (unpaired) electrons. The second-order valence-corrected chi connectivity index (χ2v) is 10.9. The topological polar surface area (TPSA) is 125 Å². The number of halogens is 3. The van der Waals surface area contributed by atoms with Crippen LogP contribution in [0.25, 0.3) is 16.9 Å². The van der Waals surface area contributed by atoms with Crippen molar-refractivity contribution in [3.8, 4) is 11.4 Å². The number of allylic oxidation sites excluding steroid dienone is 1. The fourth-order valence-electron chi connectivity index (χ4n) is 5.32. The van der Waals surface area contributed by atoms with E-state index in [1.807, 2.05) is 11.0 Å². The maximum absolute atomic E-state index is 14.3. The summed E-state index contributed by atoms with van der Waals surface area (Å²) in [4.78, 5) is 50.4. The Hall–Kier alpha value is -4.37. The number of alkyl halides is 3. The number of rotatable bonds is 10. The summed E-state index contributed by atoms with van der Waals surface area (Å²) in [6, 6.07) is 2.73. The zero-order chi connectivity index (χ0) is 32.1. The molecule has 0 spiro atoms. The Morgan fingerprint density at radius 3 is 2.47 bits per heavy atom. The van der Waals surface area contributed by atoms with Gasteiger partial charge in [0.05, 0.1) is 24.3 Å². The van der Waals surface area contributed by atoms with E-state index in [0.717, 1.165) is 17.8 Å². The summed E-state index contributed by atoms with van der Waals surface area (Å²) in [5, 5.41) is 6.86. The van der Waals surface area contributed by atoms with Crippen molar-refractivity contribution in [1.82, 2.24) is 29.4 Å². The molecule has 5 heterocycles. The first-order valence-electron chi connectivity index (χ1n) is 14.8. The van der Waals surface area contributed by atoms with Gasteiger partial charge in [-0.2, -0.15) is 13.2 Å². The van der Waals surface area contributed by atoms with E-state index in [1.165, 1.54) is 6.08 Å². The van der Waals surface area contributed by atoms with Gasteiger partial charge in [-0.05, 0) is 23.8 Å². The number of carbonyl (C=O) groups excluding carboxylic acids is 3. The number of aromatic nitrogens is 4. The molecule has 0 unspecified atom stereocenters. The molecule has 2 saturated heterocycles. The van der Waals surface area contributed by atoms with Crippen LogP contribution >= 0.6 is 0 Å². The number of carbonyl (C=O) groups is 3. The molecular weight excluding hydrogens is 593 g/mol. The Balaban J connectivity index is 1.42. The highest BCUT2D eigenvalue weighted by atomic mass is 19.4. The maximum Gasteiger partial charge on any atom is 0.417 e. The Bertz CT molecular complexity index is 1580. The van der Waals surface area contributed by atoms with Gasteiger partial charge in [-0.3, -0.25) is 19.3 Å². The van der Waals surface area contributed by atoms with Crippen molar-refractivity contribution in [3.63, 3.8) is 0 Å². The molecule has 2 aliphatic heterocycles. The number of ketones is 1. The predicted octanol–water partition coefficient (Wildman–Crippen LogP) is 3.17. The van der Waals surface area contributed by atoms with Crippen LogP contribution in [0.4, 0.5) is 24.8 Å². The normalized spacial score (nSPS) is 16.2. The molecule has 0 atom stereocenters. The zero-order valence-electron chi connectivity index (χ0n) is 25.0. The fourth-order valence-corrected chi connectivity index (χ4v) is 5.32. The van der Waals surface area contributed by atoms with Gasteiger partial charge in [-0.25, -0.2) is 14.5 Å². The number of piperazine rings is 1. The molecule has 0 aliphatic carbocycles. The Labute approximate surface area is 257 Å². The second kappa shape index (κ2) is 13.7. The highest BCUT2D eigenvalue weighted by molar-refractivity contribution is 5.92. The third-order valence-electron chi connectivity index (χ3n) is 7.79. The van der Waals surface area contributed by atoms with Crippen LogP contribution in [0.5, 0.6) is 0 Å². The van der Waals surface area contributed by atoms with Crippen molar-refractivity contribution < 1.29 is 32.3 Å². The SMILES string of the molecule is C=CC(=O)CCC(=O)N1CCN(Cc2cc3c(N4CCOCC4)nc(-c4cnc(NC(=O)CC)cc4C(F)(F)F)nn3c2)CC1. The number of nitrogens with one attached hydrogen (secondary N) is 1. The predicted molar refractivity (Wildman–Crippen MR) is 159 cm³/mol. The van der Waals surface area contributed by atoms with Crippen molar-refractivity contribution in [2.45, 2.75) is 38.9 Å². The van der Waals surface area contributed by atoms with Gasteiger partial charge in [-0.15, -0.1) is 5.10 Å². The molecule has 45 heavy (non-hydrogen) atoms. The largest absolute Gasteiger partial charge is 0.417 e. The lowest BCUT2D eigenvalue weighted by molar-refractivity contribution is -0.137. The molecule has 2 fully saturated rings. The van der Waals surface area contributed by atoms with E-state index in [0.29, 0.717) is 70.4 Å². The quantitative estimate of drug-likeness (QED) is 0.337. The smallest absolute Gasteiger partial charge is 0.378 e. The summed E-state index contributed by atoms with van der Waals surface area (Å²) in [5.74, 6) is -0.553. The molecule has 240 valence electrons. The molecule has 3 aromatic heterocycles. The first kappa shape index (κ1) is 32.0. The van der Waals surface area contributed by atoms with Crippen LogP contribution in [0.3, 0.4) is 0 Å². The lowest BCUT2D eigenvalue weighted by Gasteiger charge is -2.34. The van der Waals surface area contributed by atoms with E-state index in [9.17, 15) is 27.6 Å². The summed E-state index contributed by atoms with van der Waals surface area (Å²) in [7, 11) is 0. The van der Waals surface area contributed by atoms with E-state index >= 15 is 0 Å². The zero-order valence-corrected chi connectivity index (χ0v) is 25.0. The maximum atomic E-state index is 14.3. The molecule has 0 saturated carbocycles. The average Bonchev–Trinajstić information content (AvgIpc) is 3.45. The summed E-state index contributed by atoms with van der Waals surface area (Å²) >= 11 is 0. The van der Waals surface area contributed by atoms with Gasteiger partial charge >= 0.3 is 6.18 Å². The van der Waals surface area contributed by atoms with Crippen LogP contribution < -0.4 is 10.2 Å². The van der Waals surface area contributed by atoms with Gasteiger partial charge in [0.1, 0.15) is 11.3 Å². The third kappa shape index (κ3) is 7.65. The number of fused-ring (bicyclic) bond motifs is 1. The van der Waals surface area contributed by atoms with Crippen molar-refractivity contribution in [2.24, 2.45) is 0 Å². The van der Waals surface area contributed by atoms with Crippen molar-refractivity contribution >= 4 is 34.8 Å². The monoisotopic (exact) mass is 628 g/mol. The molecule has 1 N–H and O–H groups in total. The van der Waals surface area contributed by atoms with E-state index in [2.05, 4.69) is 31.9 Å². The van der Waals surface area contributed by atoms with Gasteiger partial charge in [0.2, 0.25) is 11.8 Å². The lowest BCUT2D eigenvalue weighted by atomic mass is 10.1. The standard InChI is InChI=1S/C30H35F3N8O4/c1-3-21(42)5-6-27(44)39-9-7-38(8-10-39)18-20-15-24-29(40-11-13-45-14-12-40)36-28(37-41(24)19-20)22-17-34-25(35-26(43)4-2)16-23(22)30(31,32)33/h3,15-17,19H,1,4-14,18H2,2H3,(H,34,35,43). The second-order valence-electron chi connectivity index (χ2n) is 10.9. The Morgan fingerprint density at radius 2 is 1.80 bits per heavy atom. The molecule has 12 nitrogen and oxygen atoms in total. The van der Waals surface area contributed by atoms with Crippen molar-refractivity contribution in [3.05, 3.63) is 48.3 Å². The van der Waals surface area contributed by atoms with Crippen molar-refractivity contribution in [2.75, 3.05) is 62.7 Å². The first-order chi connectivity index (χ1) is 21.5. The van der Waals surface area contributed by atoms with E-state index < -0.39 is 17.6 Å². The number of hydrogen-bond donors (Lipinski definition) is 1. The molecule has 5 rings (SSSR count). The van der Waals surface area contributed by atoms with Crippen LogP contribution in [-0.2, 0) is 31.8 Å². The molecule has 0 aromatic carbocycles. The molecule has 0 bridgehead atoms. The summed E-state index contributed by atoms with van der Waals surface area (Å²) < 4.78 is 49.8. The highest BCUT2D eigenvalue weighted by Gasteiger charge is 2.36. The van der Waals surface area contributed by atoms with Crippen LogP contribution in [-0.4, -0.2) is 99.5 Å². The van der Waals surface area contributed by atoms with Gasteiger partial charge < -0.3 is 19.9 Å². The van der Waals surface area contributed by atoms with Gasteiger partial charge in [0.15, 0.2) is 17.4 Å². The number of anilines is 2. The number of ether oxygens (including phenoxy) is 1. The lowest BCUT2D eigenvalue weighted by Crippen LogP contribution is -2.48. The minimum Gasteiger partial charge on any atom is -0.378 e. The van der Waals surface area contributed by atoms with E-state index in [1.54, 1.807) is 22.5 Å². The molecule has 2 aliphatic rings. The molecule has 15 heteroatoms.